The smallest absolute Gasteiger partial charge is 0.0702 e. The van der Waals surface area contributed by atoms with Gasteiger partial charge in [0.1, 0.15) is 0 Å². The van der Waals surface area contributed by atoms with Gasteiger partial charge in [0.25, 0.3) is 0 Å². The first-order valence-corrected chi connectivity index (χ1v) is 7.36. The Morgan fingerprint density at radius 3 is 1.90 bits per heavy atom. The highest BCUT2D eigenvalue weighted by Crippen LogP contribution is 2.24. The highest BCUT2D eigenvalue weighted by molar-refractivity contribution is 5.66. The fourth-order valence-corrected chi connectivity index (χ4v) is 2.40. The Kier molecular flexibility index (Phi) is 3.83. The largest absolute Gasteiger partial charge is 0.256 e. The SMILES string of the molecule is CC(C)c1ccc(-c2ccc(-c3ccccc3)nc2)cc1. The third kappa shape index (κ3) is 3.03. The molecule has 1 aromatic heterocycles. The summed E-state index contributed by atoms with van der Waals surface area (Å²) in [7, 11) is 0. The first-order valence-electron chi connectivity index (χ1n) is 7.36. The van der Waals surface area contributed by atoms with E-state index in [1.54, 1.807) is 0 Å². The zero-order valence-corrected chi connectivity index (χ0v) is 12.5. The molecule has 0 saturated carbocycles. The van der Waals surface area contributed by atoms with Gasteiger partial charge in [-0.1, -0.05) is 74.5 Å². The summed E-state index contributed by atoms with van der Waals surface area (Å²) in [4.78, 5) is 4.58. The van der Waals surface area contributed by atoms with E-state index in [4.69, 9.17) is 0 Å². The van der Waals surface area contributed by atoms with Crippen molar-refractivity contribution >= 4 is 0 Å². The van der Waals surface area contributed by atoms with Crippen LogP contribution in [0.1, 0.15) is 25.3 Å². The molecular formula is C20H19N. The fraction of sp³-hybridized carbons (Fsp3) is 0.150. The Morgan fingerprint density at radius 2 is 1.33 bits per heavy atom. The minimum Gasteiger partial charge on any atom is -0.256 e. The molecule has 1 nitrogen and oxygen atoms in total. The van der Waals surface area contributed by atoms with Gasteiger partial charge in [-0.25, -0.2) is 0 Å². The Morgan fingerprint density at radius 1 is 0.667 bits per heavy atom. The molecule has 21 heavy (non-hydrogen) atoms. The summed E-state index contributed by atoms with van der Waals surface area (Å²) in [6.45, 7) is 4.43. The van der Waals surface area contributed by atoms with Crippen LogP contribution in [0.2, 0.25) is 0 Å². The van der Waals surface area contributed by atoms with E-state index in [1.807, 2.05) is 24.4 Å². The van der Waals surface area contributed by atoms with E-state index >= 15 is 0 Å². The molecule has 1 heterocycles. The van der Waals surface area contributed by atoms with Crippen LogP contribution < -0.4 is 0 Å². The summed E-state index contributed by atoms with van der Waals surface area (Å²) in [6.07, 6.45) is 1.95. The number of nitrogens with zero attached hydrogens (tertiary/aromatic N) is 1. The molecule has 104 valence electrons. The quantitative estimate of drug-likeness (QED) is 0.610. The second kappa shape index (κ2) is 5.92. The van der Waals surface area contributed by atoms with E-state index in [0.717, 1.165) is 16.8 Å². The lowest BCUT2D eigenvalue weighted by Gasteiger charge is -2.07. The monoisotopic (exact) mass is 273 g/mol. The van der Waals surface area contributed by atoms with Gasteiger partial charge in [0.15, 0.2) is 0 Å². The third-order valence-corrected chi connectivity index (χ3v) is 3.74. The summed E-state index contributed by atoms with van der Waals surface area (Å²) >= 11 is 0. The summed E-state index contributed by atoms with van der Waals surface area (Å²) in [5.41, 5.74) is 5.90. The van der Waals surface area contributed by atoms with Crippen LogP contribution in [0, 0.1) is 0 Å². The van der Waals surface area contributed by atoms with Crippen LogP contribution in [0.15, 0.2) is 72.9 Å². The molecule has 3 aromatic rings. The van der Waals surface area contributed by atoms with Crippen molar-refractivity contribution in [2.24, 2.45) is 0 Å². The van der Waals surface area contributed by atoms with Crippen molar-refractivity contribution in [3.63, 3.8) is 0 Å². The second-order valence-electron chi connectivity index (χ2n) is 5.57. The molecule has 0 atom stereocenters. The lowest BCUT2D eigenvalue weighted by atomic mass is 9.99. The van der Waals surface area contributed by atoms with Crippen LogP contribution >= 0.6 is 0 Å². The van der Waals surface area contributed by atoms with Crippen molar-refractivity contribution in [2.75, 3.05) is 0 Å². The first-order chi connectivity index (χ1) is 10.2. The molecule has 0 saturated heterocycles. The van der Waals surface area contributed by atoms with Crippen molar-refractivity contribution in [3.05, 3.63) is 78.5 Å². The maximum Gasteiger partial charge on any atom is 0.0702 e. The molecule has 0 aliphatic rings. The van der Waals surface area contributed by atoms with Gasteiger partial charge < -0.3 is 0 Å². The molecule has 0 N–H and O–H groups in total. The second-order valence-corrected chi connectivity index (χ2v) is 5.57. The molecule has 1 heteroatoms. The molecule has 0 amide bonds. The van der Waals surface area contributed by atoms with E-state index in [-0.39, 0.29) is 0 Å². The van der Waals surface area contributed by atoms with Gasteiger partial charge in [-0.2, -0.15) is 0 Å². The Bertz CT molecular complexity index is 695. The predicted octanol–water partition coefficient (Wildman–Crippen LogP) is 5.54. The molecule has 0 fully saturated rings. The number of aromatic nitrogens is 1. The fourth-order valence-electron chi connectivity index (χ4n) is 2.40. The number of benzene rings is 2. The molecule has 0 bridgehead atoms. The molecule has 0 radical (unpaired) electrons. The number of pyridine rings is 1. The summed E-state index contributed by atoms with van der Waals surface area (Å²) in [5.74, 6) is 0.567. The number of rotatable bonds is 3. The molecule has 3 rings (SSSR count). The molecular weight excluding hydrogens is 254 g/mol. The topological polar surface area (TPSA) is 12.9 Å². The summed E-state index contributed by atoms with van der Waals surface area (Å²) < 4.78 is 0. The Hall–Kier alpha value is -2.41. The predicted molar refractivity (Wildman–Crippen MR) is 89.2 cm³/mol. The normalized spacial score (nSPS) is 10.8. The third-order valence-electron chi connectivity index (χ3n) is 3.74. The maximum absolute atomic E-state index is 4.58. The van der Waals surface area contributed by atoms with Gasteiger partial charge in [-0.3, -0.25) is 4.98 Å². The zero-order valence-electron chi connectivity index (χ0n) is 12.5. The van der Waals surface area contributed by atoms with Crippen LogP contribution in [-0.4, -0.2) is 4.98 Å². The molecule has 0 aliphatic carbocycles. The van der Waals surface area contributed by atoms with Crippen molar-refractivity contribution in [2.45, 2.75) is 19.8 Å². The average molecular weight is 273 g/mol. The molecule has 0 unspecified atom stereocenters. The van der Waals surface area contributed by atoms with E-state index in [2.05, 4.69) is 67.4 Å². The van der Waals surface area contributed by atoms with Crippen LogP contribution in [0.5, 0.6) is 0 Å². The van der Waals surface area contributed by atoms with Gasteiger partial charge in [-0.05, 0) is 23.1 Å². The van der Waals surface area contributed by atoms with E-state index < -0.39 is 0 Å². The maximum atomic E-state index is 4.58. The highest BCUT2D eigenvalue weighted by Gasteiger charge is 2.03. The van der Waals surface area contributed by atoms with Gasteiger partial charge in [0.2, 0.25) is 0 Å². The van der Waals surface area contributed by atoms with Crippen molar-refractivity contribution in [1.29, 1.82) is 0 Å². The van der Waals surface area contributed by atoms with E-state index in [0.29, 0.717) is 5.92 Å². The van der Waals surface area contributed by atoms with Gasteiger partial charge in [-0.15, -0.1) is 0 Å². The first kappa shape index (κ1) is 13.6. The minimum absolute atomic E-state index is 0.567. The van der Waals surface area contributed by atoms with E-state index in [1.165, 1.54) is 11.1 Å². The minimum atomic E-state index is 0.567. The van der Waals surface area contributed by atoms with Crippen LogP contribution in [-0.2, 0) is 0 Å². The summed E-state index contributed by atoms with van der Waals surface area (Å²) in [6, 6.07) is 23.2. The molecule has 2 aromatic carbocycles. The standard InChI is InChI=1S/C20H19N/c1-15(2)16-8-10-17(11-9-16)19-12-13-20(21-14-19)18-6-4-3-5-7-18/h3-15H,1-2H3. The number of hydrogen-bond donors (Lipinski definition) is 0. The molecule has 0 spiro atoms. The zero-order chi connectivity index (χ0) is 14.7. The van der Waals surface area contributed by atoms with E-state index in [9.17, 15) is 0 Å². The lowest BCUT2D eigenvalue weighted by Crippen LogP contribution is -1.88. The summed E-state index contributed by atoms with van der Waals surface area (Å²) in [5, 5.41) is 0. The molecule has 0 aliphatic heterocycles. The highest BCUT2D eigenvalue weighted by atomic mass is 14.7. The number of hydrogen-bond acceptors (Lipinski definition) is 1. The van der Waals surface area contributed by atoms with Gasteiger partial charge >= 0.3 is 0 Å². The Balaban J connectivity index is 1.87. The van der Waals surface area contributed by atoms with Crippen LogP contribution in [0.25, 0.3) is 22.4 Å². The van der Waals surface area contributed by atoms with Crippen molar-refractivity contribution in [3.8, 4) is 22.4 Å². The van der Waals surface area contributed by atoms with Gasteiger partial charge in [0.05, 0.1) is 5.69 Å². The Labute approximate surface area is 126 Å². The van der Waals surface area contributed by atoms with Crippen LogP contribution in [0.4, 0.5) is 0 Å². The van der Waals surface area contributed by atoms with Gasteiger partial charge in [0, 0.05) is 17.3 Å². The lowest BCUT2D eigenvalue weighted by molar-refractivity contribution is 0.867. The average Bonchev–Trinajstić information content (AvgIpc) is 2.56. The van der Waals surface area contributed by atoms with Crippen LogP contribution in [0.3, 0.4) is 0 Å². The van der Waals surface area contributed by atoms with Crippen molar-refractivity contribution in [1.82, 2.24) is 4.98 Å². The van der Waals surface area contributed by atoms with Crippen molar-refractivity contribution < 1.29 is 0 Å².